The van der Waals surface area contributed by atoms with Crippen molar-refractivity contribution in [3.8, 4) is 11.5 Å². The number of rotatable bonds is 5. The molecule has 1 aromatic heterocycles. The van der Waals surface area contributed by atoms with Crippen molar-refractivity contribution in [3.05, 3.63) is 35.2 Å². The molecular formula is C14H19N3O. The molecule has 0 bridgehead atoms. The molecule has 0 aliphatic rings. The van der Waals surface area contributed by atoms with E-state index in [1.165, 1.54) is 11.1 Å². The zero-order valence-electron chi connectivity index (χ0n) is 11.2. The van der Waals surface area contributed by atoms with Crippen molar-refractivity contribution >= 4 is 0 Å². The Kier molecular flexibility index (Phi) is 4.10. The molecule has 0 unspecified atom stereocenters. The molecule has 0 atom stereocenters. The third-order valence-corrected chi connectivity index (χ3v) is 2.98. The van der Waals surface area contributed by atoms with E-state index in [0.717, 1.165) is 24.9 Å². The summed E-state index contributed by atoms with van der Waals surface area (Å²) in [6.45, 7) is 5.08. The van der Waals surface area contributed by atoms with Gasteiger partial charge in [0.15, 0.2) is 0 Å². The summed E-state index contributed by atoms with van der Waals surface area (Å²) in [4.78, 5) is 0. The molecule has 2 rings (SSSR count). The molecule has 96 valence electrons. The van der Waals surface area contributed by atoms with Gasteiger partial charge in [-0.25, -0.2) is 0 Å². The van der Waals surface area contributed by atoms with Crippen molar-refractivity contribution in [2.24, 2.45) is 0 Å². The van der Waals surface area contributed by atoms with Crippen molar-refractivity contribution in [1.82, 2.24) is 15.5 Å². The van der Waals surface area contributed by atoms with Crippen LogP contribution in [-0.4, -0.2) is 23.8 Å². The van der Waals surface area contributed by atoms with Gasteiger partial charge in [0.1, 0.15) is 0 Å². The molecule has 0 spiro atoms. The van der Waals surface area contributed by atoms with Gasteiger partial charge in [-0.15, -0.1) is 10.2 Å². The van der Waals surface area contributed by atoms with Crippen LogP contribution in [0, 0.1) is 13.8 Å². The lowest BCUT2D eigenvalue weighted by Crippen LogP contribution is -2.08. The summed E-state index contributed by atoms with van der Waals surface area (Å²) < 4.78 is 5.73. The van der Waals surface area contributed by atoms with Crippen LogP contribution in [0.15, 0.2) is 22.6 Å². The molecule has 1 heterocycles. The fourth-order valence-corrected chi connectivity index (χ4v) is 2.02. The first-order valence-corrected chi connectivity index (χ1v) is 6.26. The summed E-state index contributed by atoms with van der Waals surface area (Å²) in [5.74, 6) is 1.34. The monoisotopic (exact) mass is 245 g/mol. The molecule has 0 radical (unpaired) electrons. The summed E-state index contributed by atoms with van der Waals surface area (Å²) in [5.41, 5.74) is 3.39. The minimum Gasteiger partial charge on any atom is -0.421 e. The van der Waals surface area contributed by atoms with Gasteiger partial charge in [0.2, 0.25) is 11.8 Å². The van der Waals surface area contributed by atoms with E-state index in [-0.39, 0.29) is 0 Å². The van der Waals surface area contributed by atoms with E-state index in [0.29, 0.717) is 11.8 Å². The lowest BCUT2D eigenvalue weighted by Gasteiger charge is -2.04. The maximum absolute atomic E-state index is 5.73. The van der Waals surface area contributed by atoms with Crippen molar-refractivity contribution in [2.75, 3.05) is 13.6 Å². The standard InChI is InChI=1S/C14H19N3O/c1-10-6-4-7-11(2)13(10)14-17-16-12(18-14)8-5-9-15-3/h4,6-7,15H,5,8-9H2,1-3H3. The summed E-state index contributed by atoms with van der Waals surface area (Å²) in [6.07, 6.45) is 1.82. The number of benzene rings is 1. The average molecular weight is 245 g/mol. The van der Waals surface area contributed by atoms with Crippen molar-refractivity contribution in [3.63, 3.8) is 0 Å². The van der Waals surface area contributed by atoms with E-state index >= 15 is 0 Å². The second-order valence-electron chi connectivity index (χ2n) is 4.47. The summed E-state index contributed by atoms with van der Waals surface area (Å²) >= 11 is 0. The van der Waals surface area contributed by atoms with Gasteiger partial charge >= 0.3 is 0 Å². The Morgan fingerprint density at radius 1 is 1.17 bits per heavy atom. The zero-order chi connectivity index (χ0) is 13.0. The minimum atomic E-state index is 0.630. The van der Waals surface area contributed by atoms with Gasteiger partial charge < -0.3 is 9.73 Å². The molecular weight excluding hydrogens is 226 g/mol. The van der Waals surface area contributed by atoms with Crippen LogP contribution in [0.1, 0.15) is 23.4 Å². The Morgan fingerprint density at radius 3 is 2.56 bits per heavy atom. The van der Waals surface area contributed by atoms with Crippen LogP contribution in [0.3, 0.4) is 0 Å². The topological polar surface area (TPSA) is 51.0 Å². The third kappa shape index (κ3) is 2.76. The molecule has 1 aromatic carbocycles. The van der Waals surface area contributed by atoms with Crippen LogP contribution in [0.25, 0.3) is 11.5 Å². The Balaban J connectivity index is 2.19. The Labute approximate surface area is 107 Å². The lowest BCUT2D eigenvalue weighted by molar-refractivity contribution is 0.494. The van der Waals surface area contributed by atoms with Crippen LogP contribution in [0.5, 0.6) is 0 Å². The minimum absolute atomic E-state index is 0.630. The van der Waals surface area contributed by atoms with E-state index in [1.807, 2.05) is 13.1 Å². The molecule has 18 heavy (non-hydrogen) atoms. The quantitative estimate of drug-likeness (QED) is 0.822. The highest BCUT2D eigenvalue weighted by Crippen LogP contribution is 2.25. The predicted molar refractivity (Wildman–Crippen MR) is 71.5 cm³/mol. The SMILES string of the molecule is CNCCCc1nnc(-c2c(C)cccc2C)o1. The average Bonchev–Trinajstić information content (AvgIpc) is 2.78. The number of aromatic nitrogens is 2. The largest absolute Gasteiger partial charge is 0.421 e. The molecule has 0 saturated heterocycles. The molecule has 4 heteroatoms. The molecule has 0 aliphatic carbocycles. The fraction of sp³-hybridized carbons (Fsp3) is 0.429. The molecule has 0 saturated carbocycles. The molecule has 0 fully saturated rings. The van der Waals surface area contributed by atoms with Gasteiger partial charge in [-0.1, -0.05) is 18.2 Å². The van der Waals surface area contributed by atoms with Gasteiger partial charge in [0.25, 0.3) is 0 Å². The van der Waals surface area contributed by atoms with E-state index in [9.17, 15) is 0 Å². The van der Waals surface area contributed by atoms with E-state index in [1.54, 1.807) is 0 Å². The highest BCUT2D eigenvalue weighted by Gasteiger charge is 2.12. The fourth-order valence-electron chi connectivity index (χ4n) is 2.02. The number of hydrogen-bond donors (Lipinski definition) is 1. The van der Waals surface area contributed by atoms with Gasteiger partial charge in [-0.3, -0.25) is 0 Å². The van der Waals surface area contributed by atoms with Crippen molar-refractivity contribution in [1.29, 1.82) is 0 Å². The van der Waals surface area contributed by atoms with Crippen molar-refractivity contribution < 1.29 is 4.42 Å². The van der Waals surface area contributed by atoms with Crippen LogP contribution < -0.4 is 5.32 Å². The molecule has 4 nitrogen and oxygen atoms in total. The number of nitrogens with zero attached hydrogens (tertiary/aromatic N) is 2. The van der Waals surface area contributed by atoms with E-state index < -0.39 is 0 Å². The summed E-state index contributed by atoms with van der Waals surface area (Å²) in [6, 6.07) is 6.17. The van der Waals surface area contributed by atoms with E-state index in [4.69, 9.17) is 4.42 Å². The predicted octanol–water partition coefficient (Wildman–Crippen LogP) is 2.51. The highest BCUT2D eigenvalue weighted by molar-refractivity contribution is 5.62. The maximum Gasteiger partial charge on any atom is 0.248 e. The number of aryl methyl sites for hydroxylation is 3. The first-order chi connectivity index (χ1) is 8.72. The molecule has 0 aliphatic heterocycles. The van der Waals surface area contributed by atoms with Crippen LogP contribution in [0.2, 0.25) is 0 Å². The van der Waals surface area contributed by atoms with Crippen LogP contribution in [0.4, 0.5) is 0 Å². The number of nitrogens with one attached hydrogen (secondary N) is 1. The first kappa shape index (κ1) is 12.8. The van der Waals surface area contributed by atoms with Crippen molar-refractivity contribution in [2.45, 2.75) is 26.7 Å². The molecule has 2 aromatic rings. The summed E-state index contributed by atoms with van der Waals surface area (Å²) in [5, 5.41) is 11.4. The maximum atomic E-state index is 5.73. The van der Waals surface area contributed by atoms with Gasteiger partial charge in [-0.05, 0) is 45.0 Å². The second kappa shape index (κ2) is 5.78. The zero-order valence-corrected chi connectivity index (χ0v) is 11.2. The first-order valence-electron chi connectivity index (χ1n) is 6.26. The smallest absolute Gasteiger partial charge is 0.248 e. The third-order valence-electron chi connectivity index (χ3n) is 2.98. The normalized spacial score (nSPS) is 10.8. The van der Waals surface area contributed by atoms with Gasteiger partial charge in [-0.2, -0.15) is 0 Å². The second-order valence-corrected chi connectivity index (χ2v) is 4.47. The highest BCUT2D eigenvalue weighted by atomic mass is 16.4. The summed E-state index contributed by atoms with van der Waals surface area (Å²) in [7, 11) is 1.94. The van der Waals surface area contributed by atoms with E-state index in [2.05, 4.69) is 41.5 Å². The Hall–Kier alpha value is -1.68. The van der Waals surface area contributed by atoms with Gasteiger partial charge in [0.05, 0.1) is 0 Å². The lowest BCUT2D eigenvalue weighted by atomic mass is 10.0. The molecule has 1 N–H and O–H groups in total. The Morgan fingerprint density at radius 2 is 1.89 bits per heavy atom. The van der Waals surface area contributed by atoms with Crippen LogP contribution >= 0.6 is 0 Å². The Bertz CT molecular complexity index is 499. The van der Waals surface area contributed by atoms with Gasteiger partial charge in [0, 0.05) is 12.0 Å². The number of hydrogen-bond acceptors (Lipinski definition) is 4. The van der Waals surface area contributed by atoms with Crippen LogP contribution in [-0.2, 0) is 6.42 Å². The molecule has 0 amide bonds.